The molecule has 5 aromatic rings. The Morgan fingerprint density at radius 3 is 2.30 bits per heavy atom. The molecule has 2 bridgehead atoms. The van der Waals surface area contributed by atoms with Crippen molar-refractivity contribution in [1.29, 1.82) is 0 Å². The van der Waals surface area contributed by atoms with Crippen molar-refractivity contribution in [3.05, 3.63) is 83.4 Å². The van der Waals surface area contributed by atoms with E-state index in [0.29, 0.717) is 54.8 Å². The van der Waals surface area contributed by atoms with Crippen LogP contribution in [0.5, 0.6) is 5.75 Å². The van der Waals surface area contributed by atoms with Gasteiger partial charge in [-0.1, -0.05) is 30.3 Å². The molecule has 50 heavy (non-hydrogen) atoms. The molecule has 2 amide bonds. The number of ether oxygens (including phenoxy) is 1. The van der Waals surface area contributed by atoms with Gasteiger partial charge >= 0.3 is 5.97 Å². The third-order valence-corrected chi connectivity index (χ3v) is 11.4. The molecule has 4 aliphatic rings. The highest BCUT2D eigenvalue weighted by Gasteiger charge is 2.47. The van der Waals surface area contributed by atoms with Crippen LogP contribution in [0.3, 0.4) is 0 Å². The zero-order chi connectivity index (χ0) is 34.3. The quantitative estimate of drug-likeness (QED) is 0.222. The van der Waals surface area contributed by atoms with Crippen LogP contribution >= 0.6 is 0 Å². The van der Waals surface area contributed by atoms with E-state index in [9.17, 15) is 19.5 Å². The number of hydrogen-bond donors (Lipinski definition) is 2. The van der Waals surface area contributed by atoms with E-state index in [1.54, 1.807) is 30.2 Å². The third-order valence-electron chi connectivity index (χ3n) is 11.4. The number of nitrogens with zero attached hydrogens (tertiary/aromatic N) is 5. The van der Waals surface area contributed by atoms with Crippen molar-refractivity contribution in [1.82, 2.24) is 23.9 Å². The second-order valence-corrected chi connectivity index (χ2v) is 14.6. The third kappa shape index (κ3) is 4.97. The minimum Gasteiger partial charge on any atom is -0.494 e. The average molecular weight is 673 g/mol. The van der Waals surface area contributed by atoms with E-state index in [2.05, 4.69) is 39.5 Å². The minimum absolute atomic E-state index is 0.00570. The molecule has 2 saturated heterocycles. The lowest BCUT2D eigenvalue weighted by atomic mass is 9.97. The van der Waals surface area contributed by atoms with Crippen LogP contribution in [0.2, 0.25) is 0 Å². The highest BCUT2D eigenvalue weighted by atomic mass is 16.5. The van der Waals surface area contributed by atoms with E-state index in [4.69, 9.17) is 15.5 Å². The number of aromatic carboxylic acids is 1. The Labute approximate surface area is 289 Å². The number of aromatic nitrogens is 3. The Balaban J connectivity index is 1.11. The molecular formula is C39H40N6O5. The van der Waals surface area contributed by atoms with Crippen LogP contribution < -0.4 is 10.5 Å². The van der Waals surface area contributed by atoms with Gasteiger partial charge in [-0.25, -0.2) is 9.78 Å². The van der Waals surface area contributed by atoms with Crippen LogP contribution in [0.4, 0.5) is 0 Å². The van der Waals surface area contributed by atoms with Crippen molar-refractivity contribution in [3.63, 3.8) is 0 Å². The monoisotopic (exact) mass is 672 g/mol. The number of imidazole rings is 1. The lowest BCUT2D eigenvalue weighted by molar-refractivity contribution is 0.0464. The molecule has 3 N–H and O–H groups in total. The van der Waals surface area contributed by atoms with Gasteiger partial charge in [0.1, 0.15) is 11.3 Å². The first-order valence-electron chi connectivity index (χ1n) is 17.6. The molecule has 11 heteroatoms. The van der Waals surface area contributed by atoms with Crippen LogP contribution in [-0.2, 0) is 13.1 Å². The predicted molar refractivity (Wildman–Crippen MR) is 188 cm³/mol. The fraction of sp³-hybridized carbons (Fsp3) is 0.385. The zero-order valence-electron chi connectivity index (χ0n) is 28.0. The number of methoxy groups -OCH3 is 1. The minimum atomic E-state index is -1.12. The highest BCUT2D eigenvalue weighted by molar-refractivity contribution is 6.05. The number of likely N-dealkylation sites (tertiary alicyclic amines) is 2. The van der Waals surface area contributed by atoms with Crippen molar-refractivity contribution in [2.45, 2.75) is 50.9 Å². The van der Waals surface area contributed by atoms with Crippen LogP contribution in [0.1, 0.15) is 56.8 Å². The molecule has 2 aromatic heterocycles. The second kappa shape index (κ2) is 11.7. The summed E-state index contributed by atoms with van der Waals surface area (Å²) in [5.41, 5.74) is 10.9. The molecule has 2 saturated carbocycles. The number of carbonyl (C=O) groups is 3. The van der Waals surface area contributed by atoms with E-state index in [1.165, 1.54) is 18.9 Å². The highest BCUT2D eigenvalue weighted by Crippen LogP contribution is 2.41. The van der Waals surface area contributed by atoms with E-state index < -0.39 is 5.97 Å². The molecule has 9 rings (SSSR count). The standard InChI is InChI=1S/C39H40N6O5/c1-50-33-16-26(37(46)44-21-25-12-13-31(44)34(25)40)14-29-35(33)45(20-23-17-42(18-23)38(47)27-7-3-4-8-28(27)39(48)49)36(41-29)32-15-24-6-2-5-9-30(24)43(32)19-22-10-11-22/h2-9,14-16,22-23,25,31,34H,10-13,17-21,40H2,1H3,(H,48,49)/t25-,31-,34-/m1/s1. The average Bonchev–Trinajstić information content (AvgIpc) is 3.47. The summed E-state index contributed by atoms with van der Waals surface area (Å²) in [5, 5.41) is 10.8. The van der Waals surface area contributed by atoms with Crippen molar-refractivity contribution >= 4 is 39.7 Å². The van der Waals surface area contributed by atoms with E-state index in [1.807, 2.05) is 17.0 Å². The number of rotatable bonds is 9. The molecule has 2 aliphatic heterocycles. The maximum atomic E-state index is 14.0. The fourth-order valence-corrected chi connectivity index (χ4v) is 8.62. The van der Waals surface area contributed by atoms with Crippen LogP contribution in [0.15, 0.2) is 66.7 Å². The lowest BCUT2D eigenvalue weighted by Crippen LogP contribution is -2.51. The maximum Gasteiger partial charge on any atom is 0.336 e. The zero-order valence-corrected chi connectivity index (χ0v) is 28.0. The summed E-state index contributed by atoms with van der Waals surface area (Å²) in [6, 6.07) is 20.8. The van der Waals surface area contributed by atoms with Gasteiger partial charge in [-0.3, -0.25) is 9.59 Å². The lowest BCUT2D eigenvalue weighted by Gasteiger charge is -2.40. The van der Waals surface area contributed by atoms with Crippen LogP contribution in [0, 0.1) is 17.8 Å². The number of piperidine rings is 1. The van der Waals surface area contributed by atoms with Gasteiger partial charge in [-0.2, -0.15) is 0 Å². The van der Waals surface area contributed by atoms with Gasteiger partial charge in [0.25, 0.3) is 11.8 Å². The molecule has 4 fully saturated rings. The van der Waals surface area contributed by atoms with Gasteiger partial charge in [-0.15, -0.1) is 0 Å². The van der Waals surface area contributed by atoms with Gasteiger partial charge < -0.3 is 34.5 Å². The molecule has 11 nitrogen and oxygen atoms in total. The van der Waals surface area contributed by atoms with Crippen molar-refractivity contribution in [3.8, 4) is 17.3 Å². The summed E-state index contributed by atoms with van der Waals surface area (Å²) in [5.74, 6) is 1.00. The smallest absolute Gasteiger partial charge is 0.336 e. The first kappa shape index (κ1) is 30.9. The molecule has 0 unspecified atom stereocenters. The summed E-state index contributed by atoms with van der Waals surface area (Å²) in [4.78, 5) is 48.1. The van der Waals surface area contributed by atoms with E-state index in [0.717, 1.165) is 47.3 Å². The maximum absolute atomic E-state index is 14.0. The van der Waals surface area contributed by atoms with Crippen molar-refractivity contribution in [2.75, 3.05) is 26.7 Å². The number of carboxylic acid groups (broad SMARTS) is 1. The van der Waals surface area contributed by atoms with Gasteiger partial charge in [0.2, 0.25) is 0 Å². The van der Waals surface area contributed by atoms with Gasteiger partial charge in [-0.05, 0) is 73.9 Å². The molecule has 3 atom stereocenters. The largest absolute Gasteiger partial charge is 0.494 e. The number of benzene rings is 3. The molecule has 4 heterocycles. The van der Waals surface area contributed by atoms with Crippen molar-refractivity contribution in [2.24, 2.45) is 23.5 Å². The number of nitrogens with two attached hydrogens (primary N) is 1. The molecule has 2 aliphatic carbocycles. The number of carbonyl (C=O) groups excluding carboxylic acids is 2. The number of para-hydroxylation sites is 1. The predicted octanol–water partition coefficient (Wildman–Crippen LogP) is 5.11. The fourth-order valence-electron chi connectivity index (χ4n) is 8.62. The summed E-state index contributed by atoms with van der Waals surface area (Å²) >= 11 is 0. The van der Waals surface area contributed by atoms with Crippen LogP contribution in [0.25, 0.3) is 33.5 Å². The SMILES string of the molecule is COc1cc(C(=O)N2C[C@H]3CC[C@@H]2[C@@H]3N)cc2nc(-c3cc4ccccc4n3CC3CC3)n(CC3CN(C(=O)c4ccccc4C(=O)O)C3)c12. The normalized spacial score (nSPS) is 21.7. The van der Waals surface area contributed by atoms with Gasteiger partial charge in [0.15, 0.2) is 5.82 Å². The number of carboxylic acids is 1. The summed E-state index contributed by atoms with van der Waals surface area (Å²) < 4.78 is 10.6. The second-order valence-electron chi connectivity index (χ2n) is 14.6. The molecule has 0 radical (unpaired) electrons. The molecule has 3 aromatic carbocycles. The topological polar surface area (TPSA) is 136 Å². The summed E-state index contributed by atoms with van der Waals surface area (Å²) in [6.45, 7) is 3.11. The molecule has 256 valence electrons. The Kier molecular flexibility index (Phi) is 7.24. The molecular weight excluding hydrogens is 632 g/mol. The Morgan fingerprint density at radius 1 is 0.860 bits per heavy atom. The van der Waals surface area contributed by atoms with E-state index >= 15 is 0 Å². The summed E-state index contributed by atoms with van der Waals surface area (Å²) in [6.07, 6.45) is 4.42. The van der Waals surface area contributed by atoms with E-state index in [-0.39, 0.29) is 40.9 Å². The Morgan fingerprint density at radius 2 is 1.60 bits per heavy atom. The number of hydrogen-bond acceptors (Lipinski definition) is 6. The van der Waals surface area contributed by atoms with Crippen molar-refractivity contribution < 1.29 is 24.2 Å². The summed E-state index contributed by atoms with van der Waals surface area (Å²) in [7, 11) is 1.63. The van der Waals surface area contributed by atoms with Crippen LogP contribution in [-0.4, -0.2) is 85.6 Å². The first-order chi connectivity index (χ1) is 24.3. The molecule has 0 spiro atoms. The van der Waals surface area contributed by atoms with Gasteiger partial charge in [0, 0.05) is 67.2 Å². The Hall–Kier alpha value is -5.16. The number of amides is 2. The number of fused-ring (bicyclic) bond motifs is 4. The van der Waals surface area contributed by atoms with Gasteiger partial charge in [0.05, 0.1) is 29.4 Å². The Bertz CT molecular complexity index is 2190. The first-order valence-corrected chi connectivity index (χ1v) is 17.6.